The Hall–Kier alpha value is -2.87. The van der Waals surface area contributed by atoms with Crippen molar-refractivity contribution >= 4 is 27.5 Å². The van der Waals surface area contributed by atoms with Crippen LogP contribution in [0.15, 0.2) is 48.5 Å². The predicted octanol–water partition coefficient (Wildman–Crippen LogP) is 4.33. The van der Waals surface area contributed by atoms with Crippen molar-refractivity contribution in [3.63, 3.8) is 0 Å². The molecule has 1 fully saturated rings. The van der Waals surface area contributed by atoms with Crippen molar-refractivity contribution < 1.29 is 18.0 Å². The third-order valence-corrected chi connectivity index (χ3v) is 7.85. The molecule has 0 radical (unpaired) electrons. The zero-order chi connectivity index (χ0) is 26.3. The van der Waals surface area contributed by atoms with Crippen LogP contribution in [-0.4, -0.2) is 50.0 Å². The van der Waals surface area contributed by atoms with Crippen LogP contribution in [-0.2, 0) is 26.2 Å². The summed E-state index contributed by atoms with van der Waals surface area (Å²) in [6.45, 7) is 5.52. The highest BCUT2D eigenvalue weighted by Gasteiger charge is 2.32. The van der Waals surface area contributed by atoms with Gasteiger partial charge in [0.05, 0.1) is 11.9 Å². The predicted molar refractivity (Wildman–Crippen MR) is 144 cm³/mol. The lowest BCUT2D eigenvalue weighted by molar-refractivity contribution is -0.140. The van der Waals surface area contributed by atoms with Gasteiger partial charge in [0.15, 0.2) is 0 Å². The van der Waals surface area contributed by atoms with E-state index in [0.29, 0.717) is 12.1 Å². The van der Waals surface area contributed by atoms with Gasteiger partial charge in [-0.1, -0.05) is 62.6 Å². The van der Waals surface area contributed by atoms with Crippen LogP contribution in [0.25, 0.3) is 0 Å². The molecule has 0 unspecified atom stereocenters. The molecular formula is C28H39N3O4S. The first-order valence-corrected chi connectivity index (χ1v) is 14.6. The minimum Gasteiger partial charge on any atom is -0.352 e. The smallest absolute Gasteiger partial charge is 0.244 e. The minimum absolute atomic E-state index is 0.122. The molecule has 1 saturated carbocycles. The van der Waals surface area contributed by atoms with Crippen LogP contribution in [0.4, 0.5) is 5.69 Å². The summed E-state index contributed by atoms with van der Waals surface area (Å²) in [5, 5.41) is 3.16. The van der Waals surface area contributed by atoms with E-state index < -0.39 is 22.0 Å². The number of hydrogen-bond acceptors (Lipinski definition) is 4. The molecule has 1 aliphatic rings. The number of aryl methyl sites for hydroxylation is 2. The third kappa shape index (κ3) is 7.56. The average Bonchev–Trinajstić information content (AvgIpc) is 2.82. The summed E-state index contributed by atoms with van der Waals surface area (Å²) >= 11 is 0. The van der Waals surface area contributed by atoms with Gasteiger partial charge in [-0.2, -0.15) is 0 Å². The zero-order valence-corrected chi connectivity index (χ0v) is 22.7. The van der Waals surface area contributed by atoms with Gasteiger partial charge in [-0.15, -0.1) is 0 Å². The first-order chi connectivity index (χ1) is 17.1. The van der Waals surface area contributed by atoms with E-state index in [-0.39, 0.29) is 25.0 Å². The fraction of sp³-hybridized carbons (Fsp3) is 0.500. The normalized spacial score (nSPS) is 15.2. The van der Waals surface area contributed by atoms with Crippen LogP contribution in [0.2, 0.25) is 0 Å². The van der Waals surface area contributed by atoms with E-state index in [4.69, 9.17) is 0 Å². The lowest BCUT2D eigenvalue weighted by Crippen LogP contribution is -2.53. The first kappa shape index (κ1) is 27.7. The standard InChI is InChI=1S/C28H39N3O4S/c1-5-26(28(33)29-24-14-10-7-11-15-24)30(19-23-12-8-6-9-13-23)27(32)20-31(36(4,34)35)25-17-21(2)16-22(3)18-25/h6,8-9,12-13,16-18,24,26H,5,7,10-11,14-15,19-20H2,1-4H3,(H,29,33)/t26-/m1/s1. The molecule has 2 aromatic carbocycles. The van der Waals surface area contributed by atoms with E-state index in [1.165, 1.54) is 11.3 Å². The van der Waals surface area contributed by atoms with Crippen LogP contribution in [0.3, 0.4) is 0 Å². The van der Waals surface area contributed by atoms with Crippen molar-refractivity contribution in [1.82, 2.24) is 10.2 Å². The van der Waals surface area contributed by atoms with Gasteiger partial charge in [0, 0.05) is 12.6 Å². The second-order valence-electron chi connectivity index (χ2n) is 9.89. The van der Waals surface area contributed by atoms with E-state index in [1.54, 1.807) is 12.1 Å². The molecular weight excluding hydrogens is 474 g/mol. The fourth-order valence-electron chi connectivity index (χ4n) is 4.95. The highest BCUT2D eigenvalue weighted by Crippen LogP contribution is 2.23. The van der Waals surface area contributed by atoms with Gasteiger partial charge in [0.2, 0.25) is 21.8 Å². The van der Waals surface area contributed by atoms with E-state index in [0.717, 1.165) is 52.9 Å². The maximum Gasteiger partial charge on any atom is 0.244 e. The third-order valence-electron chi connectivity index (χ3n) is 6.71. The Kier molecular flexibility index (Phi) is 9.54. The monoisotopic (exact) mass is 513 g/mol. The molecule has 2 amide bonds. The number of nitrogens with one attached hydrogen (secondary N) is 1. The summed E-state index contributed by atoms with van der Waals surface area (Å²) in [5.41, 5.74) is 3.14. The summed E-state index contributed by atoms with van der Waals surface area (Å²) in [5.74, 6) is -0.583. The fourth-order valence-corrected chi connectivity index (χ4v) is 5.79. The molecule has 0 aliphatic heterocycles. The minimum atomic E-state index is -3.74. The van der Waals surface area contributed by atoms with Crippen LogP contribution < -0.4 is 9.62 Å². The lowest BCUT2D eigenvalue weighted by Gasteiger charge is -2.34. The van der Waals surface area contributed by atoms with Crippen LogP contribution >= 0.6 is 0 Å². The molecule has 0 saturated heterocycles. The number of amides is 2. The molecule has 1 N–H and O–H groups in total. The number of anilines is 1. The highest BCUT2D eigenvalue weighted by molar-refractivity contribution is 7.92. The van der Waals surface area contributed by atoms with Crippen molar-refractivity contribution in [3.05, 3.63) is 65.2 Å². The molecule has 1 aliphatic carbocycles. The lowest BCUT2D eigenvalue weighted by atomic mass is 9.95. The molecule has 196 valence electrons. The molecule has 0 heterocycles. The number of hydrogen-bond donors (Lipinski definition) is 1. The quantitative estimate of drug-likeness (QED) is 0.512. The summed E-state index contributed by atoms with van der Waals surface area (Å²) in [6, 6.07) is 14.4. The molecule has 0 aromatic heterocycles. The van der Waals surface area contributed by atoms with E-state index in [1.807, 2.05) is 57.2 Å². The first-order valence-electron chi connectivity index (χ1n) is 12.8. The summed E-state index contributed by atoms with van der Waals surface area (Å²) < 4.78 is 26.7. The van der Waals surface area contributed by atoms with Gasteiger partial charge in [-0.3, -0.25) is 13.9 Å². The number of sulfonamides is 1. The molecule has 0 bridgehead atoms. The van der Waals surface area contributed by atoms with Crippen LogP contribution in [0.5, 0.6) is 0 Å². The Morgan fingerprint density at radius 2 is 1.61 bits per heavy atom. The van der Waals surface area contributed by atoms with E-state index >= 15 is 0 Å². The Morgan fingerprint density at radius 3 is 2.17 bits per heavy atom. The number of benzene rings is 2. The van der Waals surface area contributed by atoms with Gasteiger partial charge in [0.25, 0.3) is 0 Å². The summed E-state index contributed by atoms with van der Waals surface area (Å²) in [4.78, 5) is 28.7. The Balaban J connectivity index is 1.91. The maximum absolute atomic E-state index is 13.8. The van der Waals surface area contributed by atoms with E-state index in [9.17, 15) is 18.0 Å². The topological polar surface area (TPSA) is 86.8 Å². The van der Waals surface area contributed by atoms with Crippen molar-refractivity contribution in [2.24, 2.45) is 0 Å². The SMILES string of the molecule is CC[C@H](C(=O)NC1CCCCC1)N(Cc1ccccc1)C(=O)CN(c1cc(C)cc(C)c1)S(C)(=O)=O. The number of rotatable bonds is 10. The molecule has 7 nitrogen and oxygen atoms in total. The summed E-state index contributed by atoms with van der Waals surface area (Å²) in [6.07, 6.45) is 6.79. The van der Waals surface area contributed by atoms with Gasteiger partial charge in [-0.05, 0) is 61.9 Å². The zero-order valence-electron chi connectivity index (χ0n) is 21.9. The van der Waals surface area contributed by atoms with Crippen molar-refractivity contribution in [1.29, 1.82) is 0 Å². The molecule has 36 heavy (non-hydrogen) atoms. The largest absolute Gasteiger partial charge is 0.352 e. The van der Waals surface area contributed by atoms with Crippen molar-refractivity contribution in [2.45, 2.75) is 77.9 Å². The second-order valence-corrected chi connectivity index (χ2v) is 11.8. The maximum atomic E-state index is 13.8. The van der Waals surface area contributed by atoms with Crippen molar-refractivity contribution in [2.75, 3.05) is 17.1 Å². The van der Waals surface area contributed by atoms with Gasteiger partial charge in [0.1, 0.15) is 12.6 Å². The Labute approximate surface area is 215 Å². The number of nitrogens with zero attached hydrogens (tertiary/aromatic N) is 2. The molecule has 1 atom stereocenters. The molecule has 2 aromatic rings. The number of carbonyl (C=O) groups is 2. The van der Waals surface area contributed by atoms with Crippen LogP contribution in [0, 0.1) is 13.8 Å². The van der Waals surface area contributed by atoms with E-state index in [2.05, 4.69) is 5.32 Å². The van der Waals surface area contributed by atoms with Gasteiger partial charge >= 0.3 is 0 Å². The highest BCUT2D eigenvalue weighted by atomic mass is 32.2. The Morgan fingerprint density at radius 1 is 1.00 bits per heavy atom. The van der Waals surface area contributed by atoms with Crippen molar-refractivity contribution in [3.8, 4) is 0 Å². The molecule has 8 heteroatoms. The average molecular weight is 514 g/mol. The van der Waals surface area contributed by atoms with Gasteiger partial charge in [-0.25, -0.2) is 8.42 Å². The van der Waals surface area contributed by atoms with Gasteiger partial charge < -0.3 is 10.2 Å². The Bertz CT molecular complexity index is 1120. The number of carbonyl (C=O) groups excluding carboxylic acids is 2. The van der Waals surface area contributed by atoms with Crippen LogP contribution in [0.1, 0.15) is 62.1 Å². The second kappa shape index (κ2) is 12.4. The molecule has 3 rings (SSSR count). The summed E-state index contributed by atoms with van der Waals surface area (Å²) in [7, 11) is -3.74. The molecule has 0 spiro atoms.